The summed E-state index contributed by atoms with van der Waals surface area (Å²) in [5.74, 6) is 0.0277. The third kappa shape index (κ3) is 1.88. The van der Waals surface area contributed by atoms with Gasteiger partial charge in [0.05, 0.1) is 11.8 Å². The molecule has 3 atom stereocenters. The van der Waals surface area contributed by atoms with Gasteiger partial charge in [-0.1, -0.05) is 12.2 Å². The molecule has 3 rings (SSSR count). The maximum atomic E-state index is 12.4. The van der Waals surface area contributed by atoms with Gasteiger partial charge in [-0.25, -0.2) is 0 Å². The summed E-state index contributed by atoms with van der Waals surface area (Å²) in [4.78, 5) is 26.4. The minimum absolute atomic E-state index is 0.0706. The monoisotopic (exact) mass is 248 g/mol. The predicted molar refractivity (Wildman–Crippen MR) is 67.7 cm³/mol. The molecule has 4 nitrogen and oxygen atoms in total. The van der Waals surface area contributed by atoms with Crippen molar-refractivity contribution in [2.45, 2.75) is 38.1 Å². The zero-order chi connectivity index (χ0) is 12.5. The average Bonchev–Trinajstić information content (AvgIpc) is 2.61. The number of rotatable bonds is 1. The van der Waals surface area contributed by atoms with Crippen molar-refractivity contribution in [1.82, 2.24) is 10.2 Å². The Morgan fingerprint density at radius 2 is 1.67 bits per heavy atom. The molecule has 1 N–H and O–H groups in total. The van der Waals surface area contributed by atoms with Crippen molar-refractivity contribution in [2.75, 3.05) is 13.1 Å². The Labute approximate surface area is 107 Å². The van der Waals surface area contributed by atoms with Crippen LogP contribution in [-0.2, 0) is 9.59 Å². The molecule has 0 spiro atoms. The molecule has 0 aromatic rings. The van der Waals surface area contributed by atoms with Crippen LogP contribution in [0, 0.1) is 11.8 Å². The molecule has 3 aliphatic rings. The molecule has 2 amide bonds. The molecule has 18 heavy (non-hydrogen) atoms. The third-order valence-electron chi connectivity index (χ3n) is 4.45. The fourth-order valence-corrected chi connectivity index (χ4v) is 3.44. The molecule has 1 aliphatic carbocycles. The van der Waals surface area contributed by atoms with Crippen molar-refractivity contribution in [3.8, 4) is 0 Å². The molecule has 2 aliphatic heterocycles. The first-order valence-corrected chi connectivity index (χ1v) is 7.01. The normalized spacial score (nSPS) is 36.7. The van der Waals surface area contributed by atoms with Gasteiger partial charge >= 0.3 is 0 Å². The quantitative estimate of drug-likeness (QED) is 0.558. The van der Waals surface area contributed by atoms with Crippen LogP contribution in [0.15, 0.2) is 12.2 Å². The second kappa shape index (κ2) is 4.84. The summed E-state index contributed by atoms with van der Waals surface area (Å²) in [6, 6.07) is 0.130. The van der Waals surface area contributed by atoms with Crippen LogP contribution < -0.4 is 5.32 Å². The summed E-state index contributed by atoms with van der Waals surface area (Å²) in [6.07, 6.45) is 8.50. The largest absolute Gasteiger partial charge is 0.317 e. The number of amides is 2. The van der Waals surface area contributed by atoms with E-state index in [9.17, 15) is 9.59 Å². The summed E-state index contributed by atoms with van der Waals surface area (Å²) in [5.41, 5.74) is 0. The minimum atomic E-state index is -0.0706. The van der Waals surface area contributed by atoms with Crippen LogP contribution in [0.2, 0.25) is 0 Å². The van der Waals surface area contributed by atoms with E-state index in [1.807, 2.05) is 12.2 Å². The predicted octanol–water partition coefficient (Wildman–Crippen LogP) is 1.08. The molecule has 2 fully saturated rings. The second-order valence-electron chi connectivity index (χ2n) is 5.54. The lowest BCUT2D eigenvalue weighted by atomic mass is 9.85. The zero-order valence-corrected chi connectivity index (χ0v) is 10.6. The Kier molecular flexibility index (Phi) is 3.20. The van der Waals surface area contributed by atoms with Crippen LogP contribution in [0.1, 0.15) is 32.1 Å². The van der Waals surface area contributed by atoms with Gasteiger partial charge in [0.2, 0.25) is 11.8 Å². The number of carbonyl (C=O) groups is 2. The van der Waals surface area contributed by atoms with Crippen molar-refractivity contribution in [1.29, 1.82) is 0 Å². The lowest BCUT2D eigenvalue weighted by molar-refractivity contribution is -0.142. The van der Waals surface area contributed by atoms with Crippen LogP contribution >= 0.6 is 0 Å². The fraction of sp³-hybridized carbons (Fsp3) is 0.714. The molecule has 0 radical (unpaired) electrons. The van der Waals surface area contributed by atoms with Gasteiger partial charge < -0.3 is 5.32 Å². The first-order chi connectivity index (χ1) is 8.79. The molecular formula is C14H20N2O2. The molecule has 0 saturated carbocycles. The number of hydrogen-bond donors (Lipinski definition) is 1. The molecule has 2 saturated heterocycles. The van der Waals surface area contributed by atoms with E-state index >= 15 is 0 Å². The Morgan fingerprint density at radius 3 is 2.33 bits per heavy atom. The SMILES string of the molecule is O=C1C2CC=CCC2C(=O)N1C1CCCNCC1. The number of nitrogens with one attached hydrogen (secondary N) is 1. The van der Waals surface area contributed by atoms with Crippen molar-refractivity contribution in [2.24, 2.45) is 11.8 Å². The van der Waals surface area contributed by atoms with Crippen molar-refractivity contribution in [3.05, 3.63) is 12.2 Å². The average molecular weight is 248 g/mol. The number of carbonyl (C=O) groups excluding carboxylic acids is 2. The van der Waals surface area contributed by atoms with Gasteiger partial charge in [0.1, 0.15) is 0 Å². The van der Waals surface area contributed by atoms with Crippen LogP contribution in [-0.4, -0.2) is 35.8 Å². The highest BCUT2D eigenvalue weighted by atomic mass is 16.2. The summed E-state index contributed by atoms with van der Waals surface area (Å²) in [5, 5.41) is 3.33. The standard InChI is InChI=1S/C14H20N2O2/c17-13-11-5-1-2-6-12(11)14(18)16(13)10-4-3-8-15-9-7-10/h1-2,10-12,15H,3-9H2. The van der Waals surface area contributed by atoms with Gasteiger partial charge in [-0.3, -0.25) is 14.5 Å². The number of likely N-dealkylation sites (tertiary alicyclic amines) is 1. The zero-order valence-electron chi connectivity index (χ0n) is 10.6. The minimum Gasteiger partial charge on any atom is -0.317 e. The van der Waals surface area contributed by atoms with Crippen LogP contribution in [0.25, 0.3) is 0 Å². The van der Waals surface area contributed by atoms with Crippen LogP contribution in [0.3, 0.4) is 0 Å². The first kappa shape index (κ1) is 11.9. The first-order valence-electron chi connectivity index (χ1n) is 7.01. The number of imide groups is 1. The molecule has 2 heterocycles. The summed E-state index contributed by atoms with van der Waals surface area (Å²) >= 11 is 0. The highest BCUT2D eigenvalue weighted by molar-refractivity contribution is 6.05. The Hall–Kier alpha value is -1.16. The lowest BCUT2D eigenvalue weighted by Crippen LogP contribution is -2.41. The summed E-state index contributed by atoms with van der Waals surface area (Å²) in [6.45, 7) is 1.91. The van der Waals surface area contributed by atoms with E-state index in [-0.39, 0.29) is 29.7 Å². The van der Waals surface area contributed by atoms with Crippen molar-refractivity contribution in [3.63, 3.8) is 0 Å². The van der Waals surface area contributed by atoms with Gasteiger partial charge in [-0.15, -0.1) is 0 Å². The Bertz CT molecular complexity index is 357. The van der Waals surface area contributed by atoms with Gasteiger partial charge in [-0.05, 0) is 45.2 Å². The second-order valence-corrected chi connectivity index (χ2v) is 5.54. The van der Waals surface area contributed by atoms with E-state index in [0.29, 0.717) is 0 Å². The van der Waals surface area contributed by atoms with E-state index in [1.165, 1.54) is 0 Å². The number of allylic oxidation sites excluding steroid dienone is 2. The fourth-order valence-electron chi connectivity index (χ4n) is 3.44. The van der Waals surface area contributed by atoms with E-state index in [0.717, 1.165) is 45.2 Å². The van der Waals surface area contributed by atoms with Gasteiger partial charge in [-0.2, -0.15) is 0 Å². The van der Waals surface area contributed by atoms with E-state index in [2.05, 4.69) is 5.32 Å². The molecule has 0 aromatic heterocycles. The summed E-state index contributed by atoms with van der Waals surface area (Å²) < 4.78 is 0. The molecule has 3 unspecified atom stereocenters. The lowest BCUT2D eigenvalue weighted by Gasteiger charge is -2.25. The summed E-state index contributed by atoms with van der Waals surface area (Å²) in [7, 11) is 0. The third-order valence-corrected chi connectivity index (χ3v) is 4.45. The van der Waals surface area contributed by atoms with Crippen LogP contribution in [0.4, 0.5) is 0 Å². The number of fused-ring (bicyclic) bond motifs is 1. The van der Waals surface area contributed by atoms with E-state index < -0.39 is 0 Å². The number of hydrogen-bond acceptors (Lipinski definition) is 3. The maximum absolute atomic E-state index is 12.4. The smallest absolute Gasteiger partial charge is 0.233 e. The van der Waals surface area contributed by atoms with Crippen molar-refractivity contribution < 1.29 is 9.59 Å². The Balaban J connectivity index is 1.80. The molecular weight excluding hydrogens is 228 g/mol. The molecule has 0 bridgehead atoms. The molecule has 0 aromatic carbocycles. The topological polar surface area (TPSA) is 49.4 Å². The van der Waals surface area contributed by atoms with E-state index in [1.54, 1.807) is 4.90 Å². The molecule has 98 valence electrons. The maximum Gasteiger partial charge on any atom is 0.233 e. The van der Waals surface area contributed by atoms with Crippen LogP contribution in [0.5, 0.6) is 0 Å². The van der Waals surface area contributed by atoms with Gasteiger partial charge in [0.15, 0.2) is 0 Å². The highest BCUT2D eigenvalue weighted by Crippen LogP contribution is 2.37. The Morgan fingerprint density at radius 1 is 1.00 bits per heavy atom. The highest BCUT2D eigenvalue weighted by Gasteiger charge is 2.49. The molecule has 4 heteroatoms. The van der Waals surface area contributed by atoms with Gasteiger partial charge in [0, 0.05) is 6.04 Å². The van der Waals surface area contributed by atoms with Crippen molar-refractivity contribution >= 4 is 11.8 Å². The number of nitrogens with zero attached hydrogens (tertiary/aromatic N) is 1. The van der Waals surface area contributed by atoms with E-state index in [4.69, 9.17) is 0 Å². The van der Waals surface area contributed by atoms with Gasteiger partial charge in [0.25, 0.3) is 0 Å².